The van der Waals surface area contributed by atoms with Crippen LogP contribution in [0.4, 0.5) is 5.82 Å². The molecule has 0 amide bonds. The van der Waals surface area contributed by atoms with Gasteiger partial charge in [0.25, 0.3) is 0 Å². The number of piperazine rings is 1. The number of hydrogen-bond donors (Lipinski definition) is 1. The number of rotatable bonds is 2. The minimum absolute atomic E-state index is 0.170. The van der Waals surface area contributed by atoms with Crippen molar-refractivity contribution in [3.8, 4) is 0 Å². The summed E-state index contributed by atoms with van der Waals surface area (Å²) < 4.78 is 2.10. The first kappa shape index (κ1) is 16.8. The fourth-order valence-electron chi connectivity index (χ4n) is 3.72. The van der Waals surface area contributed by atoms with E-state index in [0.717, 1.165) is 43.0 Å². The molecule has 3 heterocycles. The molecule has 0 aliphatic carbocycles. The van der Waals surface area contributed by atoms with Crippen molar-refractivity contribution in [1.29, 1.82) is 0 Å². The summed E-state index contributed by atoms with van der Waals surface area (Å²) in [5, 5.41) is 9.29. The number of nitrogens with zero attached hydrogens (tertiary/aromatic N) is 4. The monoisotopic (exact) mass is 352 g/mol. The summed E-state index contributed by atoms with van der Waals surface area (Å²) in [4.78, 5) is 21.0. The molecule has 1 aromatic carbocycles. The van der Waals surface area contributed by atoms with E-state index in [-0.39, 0.29) is 11.1 Å². The van der Waals surface area contributed by atoms with Crippen LogP contribution < -0.4 is 4.90 Å². The minimum atomic E-state index is -0.929. The van der Waals surface area contributed by atoms with Crippen LogP contribution in [0.15, 0.2) is 36.5 Å². The summed E-state index contributed by atoms with van der Waals surface area (Å²) in [6, 6.07) is 9.21. The SMILES string of the molecule is CC(C)(C)N1CCN(c2nc3cc(C(=O)O)ccc3n3cccc23)CC1. The van der Waals surface area contributed by atoms with Crippen LogP contribution in [0.3, 0.4) is 0 Å². The second-order valence-electron chi connectivity index (χ2n) is 7.85. The van der Waals surface area contributed by atoms with Crippen molar-refractivity contribution in [3.05, 3.63) is 42.1 Å². The molecule has 1 saturated heterocycles. The molecule has 3 aromatic rings. The first-order valence-corrected chi connectivity index (χ1v) is 8.99. The molecule has 4 rings (SSSR count). The molecule has 1 N–H and O–H groups in total. The van der Waals surface area contributed by atoms with Gasteiger partial charge < -0.3 is 14.4 Å². The van der Waals surface area contributed by atoms with E-state index < -0.39 is 5.97 Å². The Balaban J connectivity index is 1.76. The average Bonchev–Trinajstić information content (AvgIpc) is 3.09. The maximum Gasteiger partial charge on any atom is 0.335 e. The predicted octanol–water partition coefficient (Wildman–Crippen LogP) is 3.11. The van der Waals surface area contributed by atoms with E-state index in [1.165, 1.54) is 0 Å². The lowest BCUT2D eigenvalue weighted by molar-refractivity contribution is 0.0697. The van der Waals surface area contributed by atoms with Crippen LogP contribution in [0.2, 0.25) is 0 Å². The molecule has 0 atom stereocenters. The van der Waals surface area contributed by atoms with E-state index in [1.54, 1.807) is 12.1 Å². The van der Waals surface area contributed by atoms with E-state index in [0.29, 0.717) is 5.52 Å². The van der Waals surface area contributed by atoms with Crippen molar-refractivity contribution in [2.45, 2.75) is 26.3 Å². The third-order valence-corrected chi connectivity index (χ3v) is 5.21. The number of fused-ring (bicyclic) bond motifs is 3. The van der Waals surface area contributed by atoms with E-state index in [4.69, 9.17) is 4.98 Å². The van der Waals surface area contributed by atoms with Crippen molar-refractivity contribution >= 4 is 28.3 Å². The zero-order valence-corrected chi connectivity index (χ0v) is 15.4. The molecule has 0 bridgehead atoms. The highest BCUT2D eigenvalue weighted by Crippen LogP contribution is 2.28. The molecule has 26 heavy (non-hydrogen) atoms. The van der Waals surface area contributed by atoms with Gasteiger partial charge >= 0.3 is 5.97 Å². The summed E-state index contributed by atoms with van der Waals surface area (Å²) in [5.41, 5.74) is 3.13. The normalized spacial score (nSPS) is 16.5. The second-order valence-corrected chi connectivity index (χ2v) is 7.85. The Morgan fingerprint density at radius 3 is 2.46 bits per heavy atom. The van der Waals surface area contributed by atoms with Crippen LogP contribution >= 0.6 is 0 Å². The number of carboxylic acid groups (broad SMARTS) is 1. The molecule has 1 fully saturated rings. The van der Waals surface area contributed by atoms with Gasteiger partial charge in [0.1, 0.15) is 0 Å². The van der Waals surface area contributed by atoms with Gasteiger partial charge in [-0.2, -0.15) is 0 Å². The lowest BCUT2D eigenvalue weighted by Gasteiger charge is -2.42. The number of aromatic carboxylic acids is 1. The molecule has 1 aliphatic rings. The molecule has 0 radical (unpaired) electrons. The maximum absolute atomic E-state index is 11.3. The van der Waals surface area contributed by atoms with Crippen molar-refractivity contribution < 1.29 is 9.90 Å². The molecular formula is C20H24N4O2. The predicted molar refractivity (Wildman–Crippen MR) is 103 cm³/mol. The van der Waals surface area contributed by atoms with Crippen LogP contribution in [0, 0.1) is 0 Å². The molecule has 6 heteroatoms. The van der Waals surface area contributed by atoms with Gasteiger partial charge in [-0.05, 0) is 51.1 Å². The molecule has 6 nitrogen and oxygen atoms in total. The molecule has 0 spiro atoms. The number of carboxylic acids is 1. The minimum Gasteiger partial charge on any atom is -0.478 e. The number of aromatic nitrogens is 2. The van der Waals surface area contributed by atoms with Gasteiger partial charge in [-0.1, -0.05) is 0 Å². The first-order chi connectivity index (χ1) is 12.3. The quantitative estimate of drug-likeness (QED) is 0.768. The van der Waals surface area contributed by atoms with Crippen molar-refractivity contribution in [2.75, 3.05) is 31.1 Å². The Morgan fingerprint density at radius 2 is 1.81 bits per heavy atom. The summed E-state index contributed by atoms with van der Waals surface area (Å²) in [6.45, 7) is 10.5. The van der Waals surface area contributed by atoms with Crippen LogP contribution in [-0.4, -0.2) is 57.1 Å². The lowest BCUT2D eigenvalue weighted by atomic mass is 10.0. The molecular weight excluding hydrogens is 328 g/mol. The van der Waals surface area contributed by atoms with Crippen LogP contribution in [0.1, 0.15) is 31.1 Å². The van der Waals surface area contributed by atoms with Crippen LogP contribution in [-0.2, 0) is 0 Å². The Hall–Kier alpha value is -2.60. The van der Waals surface area contributed by atoms with E-state index in [1.807, 2.05) is 18.3 Å². The average molecular weight is 352 g/mol. The highest BCUT2D eigenvalue weighted by Gasteiger charge is 2.27. The van der Waals surface area contributed by atoms with E-state index in [2.05, 4.69) is 41.0 Å². The topological polar surface area (TPSA) is 61.1 Å². The second kappa shape index (κ2) is 5.99. The van der Waals surface area contributed by atoms with Crippen LogP contribution in [0.5, 0.6) is 0 Å². The van der Waals surface area contributed by atoms with E-state index in [9.17, 15) is 9.90 Å². The Bertz CT molecular complexity index is 979. The summed E-state index contributed by atoms with van der Waals surface area (Å²) in [5.74, 6) is 0.000225. The standard InChI is InChI=1S/C20H24N4O2/c1-20(2,3)23-11-9-22(10-12-23)18-17-5-4-8-24(17)16-7-6-14(19(25)26)13-15(16)21-18/h4-8,13H,9-12H2,1-3H3,(H,25,26). The van der Waals surface area contributed by atoms with Gasteiger partial charge in [0, 0.05) is 37.9 Å². The van der Waals surface area contributed by atoms with Gasteiger partial charge in [0.05, 0.1) is 22.1 Å². The third-order valence-electron chi connectivity index (χ3n) is 5.21. The van der Waals surface area contributed by atoms with E-state index >= 15 is 0 Å². The van der Waals surface area contributed by atoms with Crippen molar-refractivity contribution in [1.82, 2.24) is 14.3 Å². The van der Waals surface area contributed by atoms with Gasteiger partial charge in [0.15, 0.2) is 5.82 Å². The zero-order chi connectivity index (χ0) is 18.5. The van der Waals surface area contributed by atoms with Crippen LogP contribution in [0.25, 0.3) is 16.6 Å². The highest BCUT2D eigenvalue weighted by atomic mass is 16.4. The summed E-state index contributed by atoms with van der Waals surface area (Å²) in [6.07, 6.45) is 2.01. The van der Waals surface area contributed by atoms with Gasteiger partial charge in [-0.15, -0.1) is 0 Å². The Labute approximate surface area is 152 Å². The summed E-state index contributed by atoms with van der Waals surface area (Å²) >= 11 is 0. The fourth-order valence-corrected chi connectivity index (χ4v) is 3.72. The van der Waals surface area contributed by atoms with Crippen molar-refractivity contribution in [2.24, 2.45) is 0 Å². The number of carbonyl (C=O) groups is 1. The number of benzene rings is 1. The van der Waals surface area contributed by atoms with Gasteiger partial charge in [-0.3, -0.25) is 4.90 Å². The molecule has 0 saturated carbocycles. The molecule has 0 unspecified atom stereocenters. The smallest absolute Gasteiger partial charge is 0.335 e. The van der Waals surface area contributed by atoms with Gasteiger partial charge in [0.2, 0.25) is 0 Å². The molecule has 1 aliphatic heterocycles. The Morgan fingerprint density at radius 1 is 1.08 bits per heavy atom. The maximum atomic E-state index is 11.3. The first-order valence-electron chi connectivity index (χ1n) is 8.99. The third kappa shape index (κ3) is 2.80. The highest BCUT2D eigenvalue weighted by molar-refractivity contribution is 5.94. The number of hydrogen-bond acceptors (Lipinski definition) is 4. The fraction of sp³-hybridized carbons (Fsp3) is 0.400. The summed E-state index contributed by atoms with van der Waals surface area (Å²) in [7, 11) is 0. The van der Waals surface area contributed by atoms with Crippen molar-refractivity contribution in [3.63, 3.8) is 0 Å². The lowest BCUT2D eigenvalue weighted by Crippen LogP contribution is -2.53. The largest absolute Gasteiger partial charge is 0.478 e. The van der Waals surface area contributed by atoms with Gasteiger partial charge in [-0.25, -0.2) is 9.78 Å². The molecule has 136 valence electrons. The Kier molecular flexibility index (Phi) is 3.88. The molecule has 2 aromatic heterocycles. The zero-order valence-electron chi connectivity index (χ0n) is 15.4. The number of anilines is 1.